The summed E-state index contributed by atoms with van der Waals surface area (Å²) < 4.78 is 21.0. The Labute approximate surface area is 231 Å². The number of fused-ring (bicyclic) bond motifs is 1. The van der Waals surface area contributed by atoms with Crippen molar-refractivity contribution in [3.8, 4) is 11.3 Å². The van der Waals surface area contributed by atoms with Gasteiger partial charge in [0.25, 0.3) is 0 Å². The second kappa shape index (κ2) is 8.76. The van der Waals surface area contributed by atoms with Crippen molar-refractivity contribution in [1.82, 2.24) is 15.1 Å². The Morgan fingerprint density at radius 2 is 1.87 bits per heavy atom. The maximum absolute atomic E-state index is 14.5. The molecule has 0 radical (unpaired) electrons. The number of nitrogens with zero attached hydrogens (tertiary/aromatic N) is 4. The normalized spacial score (nSPS) is 18.6. The highest BCUT2D eigenvalue weighted by atomic mass is 35.5. The molecule has 4 heterocycles. The van der Waals surface area contributed by atoms with Crippen LogP contribution in [0, 0.1) is 11.2 Å². The Bertz CT molecular complexity index is 1630. The monoisotopic (exact) mass is 569 g/mol. The topological polar surface area (TPSA) is 98.1 Å². The molecule has 1 saturated heterocycles. The van der Waals surface area contributed by atoms with Gasteiger partial charge in [-0.3, -0.25) is 9.78 Å². The van der Waals surface area contributed by atoms with E-state index in [4.69, 9.17) is 33.5 Å². The zero-order valence-electron chi connectivity index (χ0n) is 20.1. The lowest BCUT2D eigenvalue weighted by molar-refractivity contribution is 0.1000. The molecule has 0 bridgehead atoms. The second-order valence-electron chi connectivity index (χ2n) is 10.4. The van der Waals surface area contributed by atoms with Crippen LogP contribution in [0.1, 0.15) is 59.7 Å². The number of hydrogen-bond donors (Lipinski definition) is 1. The number of anilines is 1. The van der Waals surface area contributed by atoms with Crippen molar-refractivity contribution in [2.75, 3.05) is 18.0 Å². The van der Waals surface area contributed by atoms with Crippen molar-refractivity contribution < 1.29 is 13.7 Å². The van der Waals surface area contributed by atoms with Crippen LogP contribution >= 0.6 is 34.5 Å². The molecule has 1 amide bonds. The van der Waals surface area contributed by atoms with E-state index < -0.39 is 11.7 Å². The van der Waals surface area contributed by atoms with Crippen LogP contribution in [0.15, 0.2) is 35.1 Å². The Hall–Kier alpha value is -3.01. The first-order valence-corrected chi connectivity index (χ1v) is 14.0. The number of carbonyl (C=O) groups is 1. The van der Waals surface area contributed by atoms with Gasteiger partial charge in [-0.15, -0.1) is 0 Å². The summed E-state index contributed by atoms with van der Waals surface area (Å²) in [5.41, 5.74) is 9.47. The fourth-order valence-electron chi connectivity index (χ4n) is 5.64. The number of carbonyl (C=O) groups excluding carboxylic acids is 1. The van der Waals surface area contributed by atoms with E-state index >= 15 is 0 Å². The third-order valence-corrected chi connectivity index (χ3v) is 9.49. The van der Waals surface area contributed by atoms with E-state index in [1.54, 1.807) is 18.5 Å². The quantitative estimate of drug-likeness (QED) is 0.282. The van der Waals surface area contributed by atoms with Crippen molar-refractivity contribution in [2.45, 2.75) is 38.0 Å². The van der Waals surface area contributed by atoms with Crippen LogP contribution in [-0.4, -0.2) is 34.1 Å². The van der Waals surface area contributed by atoms with Gasteiger partial charge in [-0.25, -0.2) is 9.37 Å². The summed E-state index contributed by atoms with van der Waals surface area (Å²) in [4.78, 5) is 22.3. The summed E-state index contributed by atoms with van der Waals surface area (Å²) in [5, 5.41) is 6.08. The largest absolute Gasteiger partial charge is 0.366 e. The lowest BCUT2D eigenvalue weighted by atomic mass is 9.63. The van der Waals surface area contributed by atoms with Gasteiger partial charge in [-0.05, 0) is 55.2 Å². The summed E-state index contributed by atoms with van der Waals surface area (Å²) >= 11 is 14.4. The van der Waals surface area contributed by atoms with Gasteiger partial charge in [0, 0.05) is 48.1 Å². The van der Waals surface area contributed by atoms with Crippen LogP contribution in [0.4, 0.5) is 9.52 Å². The highest BCUT2D eigenvalue weighted by Gasteiger charge is 2.44. The number of halogens is 3. The standard InChI is InChI=1S/C27H22Cl2FN5O2S/c28-16-11-32-12-17(29)21(16)23-20(24(37-34-23)13-1-2-13)15-9-27(10-15)3-5-35(6-4-27)26-33-22-18(30)7-14(25(31)36)8-19(22)38-26/h7-9,11-13H,1-6,10H2,(H2,31,36). The molecule has 38 heavy (non-hydrogen) atoms. The van der Waals surface area contributed by atoms with Gasteiger partial charge >= 0.3 is 0 Å². The van der Waals surface area contributed by atoms with Crippen LogP contribution < -0.4 is 10.6 Å². The van der Waals surface area contributed by atoms with Gasteiger partial charge in [0.2, 0.25) is 5.91 Å². The number of allylic oxidation sites excluding steroid dienone is 2. The number of pyridine rings is 1. The average molecular weight is 570 g/mol. The van der Waals surface area contributed by atoms with Crippen LogP contribution in [0.5, 0.6) is 0 Å². The Morgan fingerprint density at radius 3 is 2.53 bits per heavy atom. The summed E-state index contributed by atoms with van der Waals surface area (Å²) in [6.07, 6.45) is 10.5. The minimum atomic E-state index is -0.650. The predicted molar refractivity (Wildman–Crippen MR) is 146 cm³/mol. The molecule has 2 fully saturated rings. The molecule has 3 aromatic heterocycles. The van der Waals surface area contributed by atoms with Gasteiger partial charge < -0.3 is 15.2 Å². The van der Waals surface area contributed by atoms with E-state index in [-0.39, 0.29) is 16.5 Å². The molecule has 7 nitrogen and oxygen atoms in total. The molecule has 1 aromatic carbocycles. The average Bonchev–Trinajstić information content (AvgIpc) is 3.47. The molecule has 0 unspecified atom stereocenters. The molecule has 1 aliphatic heterocycles. The number of amides is 1. The van der Waals surface area contributed by atoms with Gasteiger partial charge in [0.05, 0.1) is 14.7 Å². The zero-order valence-corrected chi connectivity index (χ0v) is 22.5. The highest BCUT2D eigenvalue weighted by Crippen LogP contribution is 2.56. The Balaban J connectivity index is 1.14. The summed E-state index contributed by atoms with van der Waals surface area (Å²) in [6.45, 7) is 1.61. The maximum atomic E-state index is 14.5. The molecule has 2 aliphatic carbocycles. The third kappa shape index (κ3) is 3.90. The zero-order chi connectivity index (χ0) is 26.2. The number of rotatable bonds is 5. The van der Waals surface area contributed by atoms with Crippen LogP contribution in [0.2, 0.25) is 10.0 Å². The Morgan fingerprint density at radius 1 is 1.16 bits per heavy atom. The molecule has 1 spiro atoms. The number of aromatic nitrogens is 3. The molecule has 11 heteroatoms. The summed E-state index contributed by atoms with van der Waals surface area (Å²) in [6, 6.07) is 2.77. The molecular formula is C27H22Cl2FN5O2S. The van der Waals surface area contributed by atoms with Crippen LogP contribution in [0.3, 0.4) is 0 Å². The molecule has 1 saturated carbocycles. The highest BCUT2D eigenvalue weighted by molar-refractivity contribution is 7.22. The summed E-state index contributed by atoms with van der Waals surface area (Å²) in [7, 11) is 0. The van der Waals surface area contributed by atoms with Gasteiger partial charge in [0.15, 0.2) is 10.9 Å². The number of thiazole rings is 1. The van der Waals surface area contributed by atoms with E-state index in [9.17, 15) is 9.18 Å². The fourth-order valence-corrected chi connectivity index (χ4v) is 7.26. The maximum Gasteiger partial charge on any atom is 0.248 e. The van der Waals surface area contributed by atoms with Gasteiger partial charge in [-0.2, -0.15) is 0 Å². The molecule has 4 aromatic rings. The number of nitrogens with two attached hydrogens (primary N) is 1. The first kappa shape index (κ1) is 24.1. The van der Waals surface area contributed by atoms with Crippen molar-refractivity contribution in [2.24, 2.45) is 11.1 Å². The van der Waals surface area contributed by atoms with E-state index in [1.165, 1.54) is 16.9 Å². The second-order valence-corrected chi connectivity index (χ2v) is 12.2. The first-order valence-electron chi connectivity index (χ1n) is 12.5. The molecule has 0 atom stereocenters. The van der Waals surface area contributed by atoms with Gasteiger partial charge in [0.1, 0.15) is 17.0 Å². The van der Waals surface area contributed by atoms with Crippen molar-refractivity contribution >= 4 is 61.4 Å². The molecule has 2 N–H and O–H groups in total. The molecule has 194 valence electrons. The van der Waals surface area contributed by atoms with Crippen molar-refractivity contribution in [1.29, 1.82) is 0 Å². The number of benzene rings is 1. The number of primary amides is 1. The minimum Gasteiger partial charge on any atom is -0.366 e. The van der Waals surface area contributed by atoms with E-state index in [1.807, 2.05) is 0 Å². The van der Waals surface area contributed by atoms with Gasteiger partial charge in [-0.1, -0.05) is 45.8 Å². The van der Waals surface area contributed by atoms with Crippen molar-refractivity contribution in [3.63, 3.8) is 0 Å². The number of piperidine rings is 1. The van der Waals surface area contributed by atoms with E-state index in [0.29, 0.717) is 31.9 Å². The Kier molecular flexibility index (Phi) is 5.55. The predicted octanol–water partition coefficient (Wildman–Crippen LogP) is 6.84. The van der Waals surface area contributed by atoms with Crippen LogP contribution in [-0.2, 0) is 0 Å². The lowest BCUT2D eigenvalue weighted by Gasteiger charge is -2.46. The smallest absolute Gasteiger partial charge is 0.248 e. The first-order chi connectivity index (χ1) is 18.3. The van der Waals surface area contributed by atoms with Crippen molar-refractivity contribution in [3.05, 3.63) is 63.4 Å². The lowest BCUT2D eigenvalue weighted by Crippen LogP contribution is -2.42. The molecular weight excluding hydrogens is 548 g/mol. The minimum absolute atomic E-state index is 0.0914. The summed E-state index contributed by atoms with van der Waals surface area (Å²) in [5.74, 6) is 0.139. The van der Waals surface area contributed by atoms with E-state index in [2.05, 4.69) is 26.1 Å². The number of hydrogen-bond acceptors (Lipinski definition) is 7. The fraction of sp³-hybridized carbons (Fsp3) is 0.333. The molecule has 7 rings (SSSR count). The third-order valence-electron chi connectivity index (χ3n) is 7.85. The van der Waals surface area contributed by atoms with Crippen LogP contribution in [0.25, 0.3) is 27.0 Å². The van der Waals surface area contributed by atoms with E-state index in [0.717, 1.165) is 67.7 Å². The molecule has 3 aliphatic rings. The SMILES string of the molecule is NC(=O)c1cc(F)c2nc(N3CCC4(C=C(c5c(-c6c(Cl)cncc6Cl)noc5C5CC5)C4)CC3)sc2c1.